The van der Waals surface area contributed by atoms with Crippen LogP contribution in [-0.4, -0.2) is 6.61 Å². The van der Waals surface area contributed by atoms with Crippen molar-refractivity contribution in [1.29, 1.82) is 0 Å². The molecule has 2 aromatic carbocycles. The second-order valence-corrected chi connectivity index (χ2v) is 5.00. The maximum atomic E-state index is 12.4. The number of aryl methyl sites for hydroxylation is 1. The van der Waals surface area contributed by atoms with Gasteiger partial charge in [0.2, 0.25) is 0 Å². The van der Waals surface area contributed by atoms with E-state index in [0.29, 0.717) is 6.54 Å². The van der Waals surface area contributed by atoms with Gasteiger partial charge in [-0.2, -0.15) is 8.78 Å². The van der Waals surface area contributed by atoms with Crippen molar-refractivity contribution in [3.05, 3.63) is 65.2 Å². The summed E-state index contributed by atoms with van der Waals surface area (Å²) in [4.78, 5) is 0. The van der Waals surface area contributed by atoms with Gasteiger partial charge in [-0.1, -0.05) is 48.0 Å². The second kappa shape index (κ2) is 7.18. The van der Waals surface area contributed by atoms with E-state index >= 15 is 0 Å². The Balaban J connectivity index is 2.01. The SMILES string of the molecule is Cc1ccc([C@H](C)NCc2ccccc2OC(F)F)cc1. The largest absolute Gasteiger partial charge is 0.434 e. The molecule has 2 nitrogen and oxygen atoms in total. The number of para-hydroxylation sites is 1. The highest BCUT2D eigenvalue weighted by atomic mass is 19.3. The molecule has 0 fully saturated rings. The molecular weight excluding hydrogens is 272 g/mol. The molecule has 2 aromatic rings. The highest BCUT2D eigenvalue weighted by Gasteiger charge is 2.10. The molecule has 0 aliphatic heterocycles. The third kappa shape index (κ3) is 4.53. The average Bonchev–Trinajstić information content (AvgIpc) is 2.46. The van der Waals surface area contributed by atoms with Crippen LogP contribution in [0.25, 0.3) is 0 Å². The number of hydrogen-bond acceptors (Lipinski definition) is 2. The molecule has 1 N–H and O–H groups in total. The van der Waals surface area contributed by atoms with Crippen LogP contribution in [-0.2, 0) is 6.54 Å². The lowest BCUT2D eigenvalue weighted by molar-refractivity contribution is -0.0505. The molecular formula is C17H19F2NO. The molecule has 0 aromatic heterocycles. The van der Waals surface area contributed by atoms with Crippen molar-refractivity contribution in [2.45, 2.75) is 33.0 Å². The topological polar surface area (TPSA) is 21.3 Å². The van der Waals surface area contributed by atoms with Gasteiger partial charge >= 0.3 is 6.61 Å². The average molecular weight is 291 g/mol. The van der Waals surface area contributed by atoms with Crippen molar-refractivity contribution in [3.63, 3.8) is 0 Å². The Bertz CT molecular complexity index is 569. The number of hydrogen-bond donors (Lipinski definition) is 1. The van der Waals surface area contributed by atoms with Crippen LogP contribution < -0.4 is 10.1 Å². The van der Waals surface area contributed by atoms with Crippen LogP contribution in [0.4, 0.5) is 8.78 Å². The third-order valence-corrected chi connectivity index (χ3v) is 3.36. The minimum atomic E-state index is -2.80. The summed E-state index contributed by atoms with van der Waals surface area (Å²) in [7, 11) is 0. The van der Waals surface area contributed by atoms with Crippen LogP contribution in [0.5, 0.6) is 5.75 Å². The molecule has 112 valence electrons. The lowest BCUT2D eigenvalue weighted by atomic mass is 10.1. The van der Waals surface area contributed by atoms with Gasteiger partial charge in [0.25, 0.3) is 0 Å². The van der Waals surface area contributed by atoms with Crippen LogP contribution in [0.15, 0.2) is 48.5 Å². The third-order valence-electron chi connectivity index (χ3n) is 3.36. The summed E-state index contributed by atoms with van der Waals surface area (Å²) in [5.74, 6) is 0.219. The molecule has 0 spiro atoms. The van der Waals surface area contributed by atoms with Gasteiger partial charge in [0.1, 0.15) is 5.75 Å². The minimum absolute atomic E-state index is 0.130. The van der Waals surface area contributed by atoms with Crippen molar-refractivity contribution in [2.75, 3.05) is 0 Å². The molecule has 0 unspecified atom stereocenters. The molecule has 0 heterocycles. The summed E-state index contributed by atoms with van der Waals surface area (Å²) in [6.45, 7) is 1.75. The van der Waals surface area contributed by atoms with Crippen molar-refractivity contribution >= 4 is 0 Å². The number of alkyl halides is 2. The Kier molecular flexibility index (Phi) is 5.28. The minimum Gasteiger partial charge on any atom is -0.434 e. The first-order chi connectivity index (χ1) is 10.1. The molecule has 0 aliphatic carbocycles. The van der Waals surface area contributed by atoms with Gasteiger partial charge in [0.05, 0.1) is 0 Å². The zero-order valence-corrected chi connectivity index (χ0v) is 12.1. The van der Waals surface area contributed by atoms with Crippen LogP contribution in [0.2, 0.25) is 0 Å². The number of rotatable bonds is 6. The Morgan fingerprint density at radius 3 is 2.38 bits per heavy atom. The Morgan fingerprint density at radius 1 is 1.05 bits per heavy atom. The van der Waals surface area contributed by atoms with Gasteiger partial charge in [-0.25, -0.2) is 0 Å². The van der Waals surface area contributed by atoms with E-state index in [2.05, 4.69) is 34.3 Å². The summed E-state index contributed by atoms with van der Waals surface area (Å²) < 4.78 is 29.2. The number of ether oxygens (including phenoxy) is 1. The van der Waals surface area contributed by atoms with Crippen LogP contribution in [0, 0.1) is 6.92 Å². The lowest BCUT2D eigenvalue weighted by Crippen LogP contribution is -2.19. The van der Waals surface area contributed by atoms with Gasteiger partial charge in [-0.3, -0.25) is 0 Å². The molecule has 1 atom stereocenters. The van der Waals surface area contributed by atoms with Crippen molar-refractivity contribution < 1.29 is 13.5 Å². The van der Waals surface area contributed by atoms with Crippen molar-refractivity contribution in [1.82, 2.24) is 5.32 Å². The van der Waals surface area contributed by atoms with Crippen LogP contribution >= 0.6 is 0 Å². The van der Waals surface area contributed by atoms with Gasteiger partial charge in [-0.05, 0) is 25.5 Å². The number of halogens is 2. The molecule has 0 bridgehead atoms. The zero-order valence-electron chi connectivity index (χ0n) is 12.1. The second-order valence-electron chi connectivity index (χ2n) is 5.00. The van der Waals surface area contributed by atoms with Gasteiger partial charge in [0, 0.05) is 18.2 Å². The molecule has 21 heavy (non-hydrogen) atoms. The summed E-state index contributed by atoms with van der Waals surface area (Å²) in [6.07, 6.45) is 0. The summed E-state index contributed by atoms with van der Waals surface area (Å²) in [5, 5.41) is 3.32. The van der Waals surface area contributed by atoms with Crippen LogP contribution in [0.3, 0.4) is 0 Å². The fourth-order valence-electron chi connectivity index (χ4n) is 2.10. The van der Waals surface area contributed by atoms with Gasteiger partial charge in [0.15, 0.2) is 0 Å². The number of benzene rings is 2. The van der Waals surface area contributed by atoms with E-state index in [1.807, 2.05) is 19.9 Å². The smallest absolute Gasteiger partial charge is 0.387 e. The Morgan fingerprint density at radius 2 is 1.71 bits per heavy atom. The van der Waals surface area contributed by atoms with Crippen molar-refractivity contribution in [3.8, 4) is 5.75 Å². The Hall–Kier alpha value is -1.94. The van der Waals surface area contributed by atoms with E-state index in [0.717, 1.165) is 11.1 Å². The Labute approximate surface area is 123 Å². The van der Waals surface area contributed by atoms with E-state index in [1.54, 1.807) is 18.2 Å². The van der Waals surface area contributed by atoms with E-state index in [4.69, 9.17) is 0 Å². The van der Waals surface area contributed by atoms with Crippen LogP contribution in [0.1, 0.15) is 29.7 Å². The fraction of sp³-hybridized carbons (Fsp3) is 0.294. The molecule has 0 saturated heterocycles. The molecule has 0 saturated carbocycles. The maximum Gasteiger partial charge on any atom is 0.387 e. The van der Waals surface area contributed by atoms with E-state index in [9.17, 15) is 8.78 Å². The summed E-state index contributed by atoms with van der Waals surface area (Å²) >= 11 is 0. The normalized spacial score (nSPS) is 12.4. The summed E-state index contributed by atoms with van der Waals surface area (Å²) in [6, 6.07) is 15.2. The first kappa shape index (κ1) is 15.4. The number of nitrogens with one attached hydrogen (secondary N) is 1. The lowest BCUT2D eigenvalue weighted by Gasteiger charge is -2.16. The maximum absolute atomic E-state index is 12.4. The monoisotopic (exact) mass is 291 g/mol. The summed E-state index contributed by atoms with van der Waals surface area (Å²) in [5.41, 5.74) is 3.09. The zero-order chi connectivity index (χ0) is 15.2. The van der Waals surface area contributed by atoms with E-state index in [1.165, 1.54) is 5.56 Å². The highest BCUT2D eigenvalue weighted by Crippen LogP contribution is 2.21. The van der Waals surface area contributed by atoms with E-state index < -0.39 is 6.61 Å². The predicted octanol–water partition coefficient (Wildman–Crippen LogP) is 4.45. The predicted molar refractivity (Wildman–Crippen MR) is 79.5 cm³/mol. The molecule has 0 amide bonds. The molecule has 0 aliphatic rings. The van der Waals surface area contributed by atoms with E-state index in [-0.39, 0.29) is 11.8 Å². The van der Waals surface area contributed by atoms with Gasteiger partial charge < -0.3 is 10.1 Å². The molecule has 4 heteroatoms. The highest BCUT2D eigenvalue weighted by molar-refractivity contribution is 5.33. The van der Waals surface area contributed by atoms with Crippen molar-refractivity contribution in [2.24, 2.45) is 0 Å². The quantitative estimate of drug-likeness (QED) is 0.849. The standard InChI is InChI=1S/C17H19F2NO/c1-12-7-9-14(10-8-12)13(2)20-11-15-5-3-4-6-16(15)21-17(18)19/h3-10,13,17,20H,11H2,1-2H3/t13-/m0/s1. The molecule has 2 rings (SSSR count). The van der Waals surface area contributed by atoms with Gasteiger partial charge in [-0.15, -0.1) is 0 Å². The fourth-order valence-corrected chi connectivity index (χ4v) is 2.10. The first-order valence-corrected chi connectivity index (χ1v) is 6.89. The molecule has 0 radical (unpaired) electrons. The first-order valence-electron chi connectivity index (χ1n) is 6.89.